The molecule has 3 unspecified atom stereocenters. The summed E-state index contributed by atoms with van der Waals surface area (Å²) in [6.45, 7) is 1.77. The fraction of sp³-hybridized carbons (Fsp3) is 0.263. The first-order chi connectivity index (χ1) is 12.1. The van der Waals surface area contributed by atoms with Crippen molar-refractivity contribution in [3.05, 3.63) is 65.1 Å². The summed E-state index contributed by atoms with van der Waals surface area (Å²) in [7, 11) is -1.58. The van der Waals surface area contributed by atoms with Crippen LogP contribution in [0.25, 0.3) is 0 Å². The number of carbonyl (C=O) groups excluding carboxylic acids is 2. The highest BCUT2D eigenvalue weighted by molar-refractivity contribution is 7.88. The molecule has 128 valence electrons. The van der Waals surface area contributed by atoms with Crippen LogP contribution in [0.2, 0.25) is 0 Å². The number of carbonyl (C=O) groups is 2. The van der Waals surface area contributed by atoms with E-state index in [2.05, 4.69) is 0 Å². The van der Waals surface area contributed by atoms with Crippen LogP contribution in [0, 0.1) is 11.8 Å². The van der Waals surface area contributed by atoms with E-state index in [9.17, 15) is 13.8 Å². The largest absolute Gasteiger partial charge is 0.320 e. The zero-order chi connectivity index (χ0) is 17.6. The van der Waals surface area contributed by atoms with Crippen molar-refractivity contribution in [1.29, 1.82) is 0 Å². The van der Waals surface area contributed by atoms with E-state index in [-0.39, 0.29) is 23.4 Å². The van der Waals surface area contributed by atoms with Gasteiger partial charge in [0.1, 0.15) is 0 Å². The average Bonchev–Trinajstić information content (AvgIpc) is 2.61. The highest BCUT2D eigenvalue weighted by atomic mass is 32.2. The summed E-state index contributed by atoms with van der Waals surface area (Å²) >= 11 is 0. The molecule has 0 N–H and O–H groups in total. The van der Waals surface area contributed by atoms with Crippen LogP contribution in [-0.2, 0) is 20.3 Å². The zero-order valence-corrected chi connectivity index (χ0v) is 14.3. The SMILES string of the molecule is CC1OC(/C=C/S(=O)c2cccc3c2C(=O)C2C=CC=CC2C3=O)O1. The molecule has 1 fully saturated rings. The van der Waals surface area contributed by atoms with E-state index in [1.54, 1.807) is 55.5 Å². The number of rotatable bonds is 3. The van der Waals surface area contributed by atoms with Gasteiger partial charge in [0.2, 0.25) is 0 Å². The Balaban J connectivity index is 1.70. The minimum absolute atomic E-state index is 0.109. The lowest BCUT2D eigenvalue weighted by molar-refractivity contribution is -0.354. The molecule has 0 spiro atoms. The van der Waals surface area contributed by atoms with Crippen LogP contribution in [0.1, 0.15) is 27.6 Å². The summed E-state index contributed by atoms with van der Waals surface area (Å²) in [5.41, 5.74) is 0.607. The molecule has 0 radical (unpaired) electrons. The number of benzene rings is 1. The van der Waals surface area contributed by atoms with Crippen molar-refractivity contribution in [2.45, 2.75) is 24.4 Å². The second-order valence-corrected chi connectivity index (χ2v) is 7.37. The molecule has 2 aliphatic carbocycles. The van der Waals surface area contributed by atoms with Crippen molar-refractivity contribution in [2.24, 2.45) is 11.8 Å². The van der Waals surface area contributed by atoms with Gasteiger partial charge in [-0.15, -0.1) is 0 Å². The lowest BCUT2D eigenvalue weighted by Gasteiger charge is -2.31. The van der Waals surface area contributed by atoms with E-state index in [0.717, 1.165) is 0 Å². The second kappa shape index (κ2) is 6.29. The molecule has 4 rings (SSSR count). The van der Waals surface area contributed by atoms with Gasteiger partial charge in [-0.3, -0.25) is 9.59 Å². The topological polar surface area (TPSA) is 69.7 Å². The first-order valence-corrected chi connectivity index (χ1v) is 9.24. The van der Waals surface area contributed by atoms with E-state index in [4.69, 9.17) is 9.47 Å². The Morgan fingerprint density at radius 1 is 1.04 bits per heavy atom. The van der Waals surface area contributed by atoms with Gasteiger partial charge in [0.05, 0.1) is 27.5 Å². The second-order valence-electron chi connectivity index (χ2n) is 6.06. The average molecular weight is 356 g/mol. The van der Waals surface area contributed by atoms with Crippen molar-refractivity contribution in [3.8, 4) is 0 Å². The van der Waals surface area contributed by atoms with Crippen LogP contribution in [0.4, 0.5) is 0 Å². The Morgan fingerprint density at radius 2 is 1.72 bits per heavy atom. The lowest BCUT2D eigenvalue weighted by Crippen LogP contribution is -2.37. The number of fused-ring (bicyclic) bond motifs is 2. The molecular weight excluding hydrogens is 340 g/mol. The van der Waals surface area contributed by atoms with Crippen molar-refractivity contribution in [1.82, 2.24) is 0 Å². The standard InChI is InChI=1S/C19H16O5S/c1-11-23-16(24-11)9-10-25(22)15-8-4-7-14-17(15)19(21)13-6-3-2-5-12(13)18(14)20/h2-13,16H,1H3/b10-9+. The Hall–Kier alpha value is -2.15. The summed E-state index contributed by atoms with van der Waals surface area (Å²) in [5, 5.41) is 1.44. The number of ether oxygens (including phenoxy) is 2. The molecular formula is C19H16O5S. The fourth-order valence-electron chi connectivity index (χ4n) is 3.30. The van der Waals surface area contributed by atoms with Gasteiger partial charge >= 0.3 is 0 Å². The Labute approximate surface area is 147 Å². The van der Waals surface area contributed by atoms with Gasteiger partial charge in [0, 0.05) is 16.5 Å². The number of ketones is 2. The first-order valence-electron chi connectivity index (χ1n) is 8.02. The molecule has 25 heavy (non-hydrogen) atoms. The number of hydrogen-bond donors (Lipinski definition) is 0. The van der Waals surface area contributed by atoms with Gasteiger partial charge < -0.3 is 9.47 Å². The third-order valence-electron chi connectivity index (χ3n) is 4.51. The van der Waals surface area contributed by atoms with Gasteiger partial charge in [0.15, 0.2) is 24.1 Å². The van der Waals surface area contributed by atoms with Crippen LogP contribution in [0.3, 0.4) is 0 Å². The third kappa shape index (κ3) is 2.76. The Kier molecular flexibility index (Phi) is 4.11. The van der Waals surface area contributed by atoms with Crippen LogP contribution in [0.5, 0.6) is 0 Å². The van der Waals surface area contributed by atoms with Crippen LogP contribution < -0.4 is 0 Å². The molecule has 1 saturated heterocycles. The maximum atomic E-state index is 12.9. The molecule has 1 aromatic rings. The molecule has 0 bridgehead atoms. The van der Waals surface area contributed by atoms with E-state index < -0.39 is 28.9 Å². The summed E-state index contributed by atoms with van der Waals surface area (Å²) < 4.78 is 23.2. The van der Waals surface area contributed by atoms with E-state index in [1.165, 1.54) is 5.41 Å². The van der Waals surface area contributed by atoms with Crippen LogP contribution in [-0.4, -0.2) is 28.4 Å². The van der Waals surface area contributed by atoms with Crippen molar-refractivity contribution < 1.29 is 23.3 Å². The maximum absolute atomic E-state index is 12.9. The molecule has 0 saturated carbocycles. The molecule has 1 heterocycles. The van der Waals surface area contributed by atoms with Crippen molar-refractivity contribution >= 4 is 22.4 Å². The van der Waals surface area contributed by atoms with Gasteiger partial charge in [-0.25, -0.2) is 4.21 Å². The van der Waals surface area contributed by atoms with Crippen molar-refractivity contribution in [2.75, 3.05) is 0 Å². The quantitative estimate of drug-likeness (QED) is 0.833. The fourth-order valence-corrected chi connectivity index (χ4v) is 4.34. The number of allylic oxidation sites excluding steroid dienone is 4. The lowest BCUT2D eigenvalue weighted by atomic mass is 9.72. The number of hydrogen-bond acceptors (Lipinski definition) is 5. The molecule has 6 heteroatoms. The maximum Gasteiger partial charge on any atom is 0.183 e. The van der Waals surface area contributed by atoms with Gasteiger partial charge in [-0.2, -0.15) is 0 Å². The van der Waals surface area contributed by atoms with E-state index >= 15 is 0 Å². The summed E-state index contributed by atoms with van der Waals surface area (Å²) in [5.74, 6) is -1.27. The van der Waals surface area contributed by atoms with Gasteiger partial charge in [0.25, 0.3) is 0 Å². The third-order valence-corrected chi connectivity index (χ3v) is 5.68. The predicted octanol–water partition coefficient (Wildman–Crippen LogP) is 2.76. The smallest absolute Gasteiger partial charge is 0.183 e. The molecule has 5 nitrogen and oxygen atoms in total. The van der Waals surface area contributed by atoms with E-state index in [1.807, 2.05) is 0 Å². The van der Waals surface area contributed by atoms with Gasteiger partial charge in [-0.1, -0.05) is 36.4 Å². The Morgan fingerprint density at radius 3 is 2.40 bits per heavy atom. The minimum Gasteiger partial charge on any atom is -0.320 e. The number of Topliss-reactive ketones (excluding diaryl/α,β-unsaturated/α-hetero) is 2. The van der Waals surface area contributed by atoms with Crippen LogP contribution in [0.15, 0.2) is 58.9 Å². The summed E-state index contributed by atoms with van der Waals surface area (Å²) in [6, 6.07) is 4.91. The van der Waals surface area contributed by atoms with Crippen LogP contribution >= 0.6 is 0 Å². The molecule has 1 aromatic carbocycles. The first kappa shape index (κ1) is 16.3. The van der Waals surface area contributed by atoms with E-state index in [0.29, 0.717) is 10.5 Å². The van der Waals surface area contributed by atoms with Crippen molar-refractivity contribution in [3.63, 3.8) is 0 Å². The predicted molar refractivity (Wildman–Crippen MR) is 91.3 cm³/mol. The normalized spacial score (nSPS) is 31.6. The molecule has 0 amide bonds. The minimum atomic E-state index is -1.58. The van der Waals surface area contributed by atoms with Gasteiger partial charge in [-0.05, 0) is 19.1 Å². The summed E-state index contributed by atoms with van der Waals surface area (Å²) in [4.78, 5) is 26.0. The monoisotopic (exact) mass is 356 g/mol. The molecule has 0 aromatic heterocycles. The summed E-state index contributed by atoms with van der Waals surface area (Å²) in [6.07, 6.45) is 7.80. The molecule has 3 atom stereocenters. The Bertz CT molecular complexity index is 861. The highest BCUT2D eigenvalue weighted by Crippen LogP contribution is 2.36. The molecule has 3 aliphatic rings. The zero-order valence-electron chi connectivity index (χ0n) is 13.5. The molecule has 1 aliphatic heterocycles. The highest BCUT2D eigenvalue weighted by Gasteiger charge is 2.41.